The molecule has 4 heteroatoms. The number of amides is 1. The molecule has 0 saturated carbocycles. The molecular weight excluding hydrogens is 240 g/mol. The Morgan fingerprint density at radius 1 is 1.37 bits per heavy atom. The molecule has 1 aliphatic heterocycles. The minimum absolute atomic E-state index is 0.153. The van der Waals surface area contributed by atoms with E-state index in [0.717, 1.165) is 19.6 Å². The maximum atomic E-state index is 11.9. The molecular formula is C15H30N2O2. The van der Waals surface area contributed by atoms with Gasteiger partial charge < -0.3 is 15.0 Å². The molecule has 1 fully saturated rings. The highest BCUT2D eigenvalue weighted by Crippen LogP contribution is 2.22. The number of nitrogens with one attached hydrogen (secondary N) is 1. The zero-order valence-electron chi connectivity index (χ0n) is 12.9. The summed E-state index contributed by atoms with van der Waals surface area (Å²) in [5.41, 5.74) is 0. The summed E-state index contributed by atoms with van der Waals surface area (Å²) in [6.45, 7) is 11.6. The zero-order chi connectivity index (χ0) is 14.3. The van der Waals surface area contributed by atoms with Gasteiger partial charge in [-0.2, -0.15) is 0 Å². The molecule has 0 bridgehead atoms. The average Bonchev–Trinajstić information content (AvgIpc) is 2.37. The lowest BCUT2D eigenvalue weighted by Gasteiger charge is -2.37. The number of carbonyl (C=O) groups is 1. The SMILES string of the molecule is CCCC1CC(NCC(C)C)CN(C(=O)OCC)C1. The van der Waals surface area contributed by atoms with Crippen molar-refractivity contribution in [3.8, 4) is 0 Å². The third-order valence-corrected chi connectivity index (χ3v) is 3.57. The van der Waals surface area contributed by atoms with E-state index in [1.165, 1.54) is 19.3 Å². The monoisotopic (exact) mass is 270 g/mol. The van der Waals surface area contributed by atoms with E-state index >= 15 is 0 Å². The summed E-state index contributed by atoms with van der Waals surface area (Å²) in [4.78, 5) is 13.8. The first-order valence-corrected chi connectivity index (χ1v) is 7.71. The number of piperidine rings is 1. The van der Waals surface area contributed by atoms with Crippen LogP contribution in [-0.4, -0.2) is 43.3 Å². The number of likely N-dealkylation sites (tertiary alicyclic amines) is 1. The molecule has 0 aliphatic carbocycles. The minimum Gasteiger partial charge on any atom is -0.450 e. The summed E-state index contributed by atoms with van der Waals surface area (Å²) >= 11 is 0. The van der Waals surface area contributed by atoms with Crippen molar-refractivity contribution in [3.05, 3.63) is 0 Å². The summed E-state index contributed by atoms with van der Waals surface area (Å²) in [6.07, 6.45) is 3.39. The van der Waals surface area contributed by atoms with Gasteiger partial charge >= 0.3 is 6.09 Å². The van der Waals surface area contributed by atoms with Crippen LogP contribution in [0.4, 0.5) is 4.79 Å². The summed E-state index contributed by atoms with van der Waals surface area (Å²) in [5.74, 6) is 1.25. The highest BCUT2D eigenvalue weighted by Gasteiger charge is 2.30. The predicted molar refractivity (Wildman–Crippen MR) is 78.2 cm³/mol. The third-order valence-electron chi connectivity index (χ3n) is 3.57. The number of hydrogen-bond donors (Lipinski definition) is 1. The molecule has 0 aromatic heterocycles. The van der Waals surface area contributed by atoms with E-state index in [-0.39, 0.29) is 6.09 Å². The predicted octanol–water partition coefficient (Wildman–Crippen LogP) is 2.88. The van der Waals surface area contributed by atoms with Gasteiger partial charge in [-0.3, -0.25) is 0 Å². The Bertz CT molecular complexity index is 269. The third kappa shape index (κ3) is 5.81. The molecule has 1 saturated heterocycles. The van der Waals surface area contributed by atoms with Crippen LogP contribution in [0.3, 0.4) is 0 Å². The van der Waals surface area contributed by atoms with E-state index in [4.69, 9.17) is 4.74 Å². The van der Waals surface area contributed by atoms with Crippen molar-refractivity contribution < 1.29 is 9.53 Å². The number of ether oxygens (including phenoxy) is 1. The molecule has 112 valence electrons. The van der Waals surface area contributed by atoms with Crippen molar-refractivity contribution in [3.63, 3.8) is 0 Å². The van der Waals surface area contributed by atoms with Gasteiger partial charge in [0.2, 0.25) is 0 Å². The fraction of sp³-hybridized carbons (Fsp3) is 0.933. The number of nitrogens with zero attached hydrogens (tertiary/aromatic N) is 1. The number of hydrogen-bond acceptors (Lipinski definition) is 3. The van der Waals surface area contributed by atoms with E-state index in [2.05, 4.69) is 26.1 Å². The van der Waals surface area contributed by atoms with E-state index in [0.29, 0.717) is 24.5 Å². The van der Waals surface area contributed by atoms with Crippen LogP contribution < -0.4 is 5.32 Å². The summed E-state index contributed by atoms with van der Waals surface area (Å²) < 4.78 is 5.14. The van der Waals surface area contributed by atoms with E-state index in [9.17, 15) is 4.79 Å². The van der Waals surface area contributed by atoms with Crippen molar-refractivity contribution in [2.24, 2.45) is 11.8 Å². The van der Waals surface area contributed by atoms with Crippen LogP contribution in [0, 0.1) is 11.8 Å². The lowest BCUT2D eigenvalue weighted by atomic mass is 9.90. The quantitative estimate of drug-likeness (QED) is 0.807. The fourth-order valence-corrected chi connectivity index (χ4v) is 2.74. The Labute approximate surface area is 117 Å². The first kappa shape index (κ1) is 16.3. The van der Waals surface area contributed by atoms with Gasteiger partial charge in [0.05, 0.1) is 6.61 Å². The van der Waals surface area contributed by atoms with Crippen molar-refractivity contribution in [1.82, 2.24) is 10.2 Å². The molecule has 2 unspecified atom stereocenters. The average molecular weight is 270 g/mol. The Hall–Kier alpha value is -0.770. The topological polar surface area (TPSA) is 41.6 Å². The molecule has 2 atom stereocenters. The van der Waals surface area contributed by atoms with Gasteiger partial charge in [-0.15, -0.1) is 0 Å². The Morgan fingerprint density at radius 3 is 2.68 bits per heavy atom. The summed E-state index contributed by atoms with van der Waals surface area (Å²) in [5, 5.41) is 3.59. The van der Waals surface area contributed by atoms with Crippen molar-refractivity contribution in [2.75, 3.05) is 26.2 Å². The summed E-state index contributed by atoms with van der Waals surface area (Å²) in [6, 6.07) is 0.414. The Morgan fingerprint density at radius 2 is 2.11 bits per heavy atom. The van der Waals surface area contributed by atoms with Gasteiger partial charge in [0.25, 0.3) is 0 Å². The lowest BCUT2D eigenvalue weighted by Crippen LogP contribution is -2.52. The maximum Gasteiger partial charge on any atom is 0.409 e. The molecule has 0 aromatic rings. The van der Waals surface area contributed by atoms with Gasteiger partial charge in [0.15, 0.2) is 0 Å². The number of carbonyl (C=O) groups excluding carboxylic acids is 1. The largest absolute Gasteiger partial charge is 0.450 e. The van der Waals surface area contributed by atoms with Gasteiger partial charge in [-0.05, 0) is 38.1 Å². The van der Waals surface area contributed by atoms with Crippen LogP contribution in [-0.2, 0) is 4.74 Å². The molecule has 0 spiro atoms. The van der Waals surface area contributed by atoms with E-state index < -0.39 is 0 Å². The smallest absolute Gasteiger partial charge is 0.409 e. The molecule has 1 aliphatic rings. The molecule has 1 amide bonds. The van der Waals surface area contributed by atoms with Crippen molar-refractivity contribution >= 4 is 6.09 Å². The van der Waals surface area contributed by atoms with Crippen LogP contribution in [0.1, 0.15) is 47.0 Å². The minimum atomic E-state index is -0.153. The summed E-state index contributed by atoms with van der Waals surface area (Å²) in [7, 11) is 0. The Kier molecular flexibility index (Phi) is 7.21. The second kappa shape index (κ2) is 8.41. The molecule has 1 N–H and O–H groups in total. The van der Waals surface area contributed by atoms with Crippen LogP contribution in [0.2, 0.25) is 0 Å². The molecule has 4 nitrogen and oxygen atoms in total. The van der Waals surface area contributed by atoms with Crippen LogP contribution in [0.5, 0.6) is 0 Å². The van der Waals surface area contributed by atoms with Gasteiger partial charge in [-0.1, -0.05) is 27.2 Å². The molecule has 19 heavy (non-hydrogen) atoms. The first-order valence-electron chi connectivity index (χ1n) is 7.71. The molecule has 0 radical (unpaired) electrons. The molecule has 1 heterocycles. The van der Waals surface area contributed by atoms with E-state index in [1.807, 2.05) is 11.8 Å². The second-order valence-corrected chi connectivity index (χ2v) is 5.99. The fourth-order valence-electron chi connectivity index (χ4n) is 2.74. The first-order chi connectivity index (χ1) is 9.06. The molecule has 0 aromatic carbocycles. The zero-order valence-corrected chi connectivity index (χ0v) is 12.9. The van der Waals surface area contributed by atoms with Crippen LogP contribution in [0.15, 0.2) is 0 Å². The number of rotatable bonds is 6. The van der Waals surface area contributed by atoms with Gasteiger partial charge in [0.1, 0.15) is 0 Å². The highest BCUT2D eigenvalue weighted by atomic mass is 16.6. The highest BCUT2D eigenvalue weighted by molar-refractivity contribution is 5.67. The van der Waals surface area contributed by atoms with Gasteiger partial charge in [-0.25, -0.2) is 4.79 Å². The normalized spacial score (nSPS) is 23.7. The lowest BCUT2D eigenvalue weighted by molar-refractivity contribution is 0.0768. The van der Waals surface area contributed by atoms with E-state index in [1.54, 1.807) is 0 Å². The molecule has 1 rings (SSSR count). The second-order valence-electron chi connectivity index (χ2n) is 5.99. The van der Waals surface area contributed by atoms with Crippen LogP contribution >= 0.6 is 0 Å². The van der Waals surface area contributed by atoms with Crippen molar-refractivity contribution in [1.29, 1.82) is 0 Å². The Balaban J connectivity index is 2.54. The van der Waals surface area contributed by atoms with Gasteiger partial charge in [0, 0.05) is 19.1 Å². The van der Waals surface area contributed by atoms with Crippen LogP contribution in [0.25, 0.3) is 0 Å². The standard InChI is InChI=1S/C15H30N2O2/c1-5-7-13-8-14(16-9-12(3)4)11-17(10-13)15(18)19-6-2/h12-14,16H,5-11H2,1-4H3. The van der Waals surface area contributed by atoms with Crippen molar-refractivity contribution in [2.45, 2.75) is 53.0 Å². The maximum absolute atomic E-state index is 11.9.